The molecule has 2 rings (SSSR count). The number of esters is 1. The molecular formula is C18H18N2O6. The molecule has 8 heteroatoms. The van der Waals surface area contributed by atoms with Crippen molar-refractivity contribution in [3.05, 3.63) is 63.2 Å². The molecule has 136 valence electrons. The number of carbonyl (C=O) groups excluding carboxylic acids is 2. The van der Waals surface area contributed by atoms with E-state index in [-0.39, 0.29) is 23.5 Å². The van der Waals surface area contributed by atoms with E-state index >= 15 is 0 Å². The second-order valence-corrected chi connectivity index (χ2v) is 5.76. The highest BCUT2D eigenvalue weighted by Crippen LogP contribution is 2.27. The number of phenolic OH excluding ortho intramolecular Hbond substituents is 1. The molecule has 8 nitrogen and oxygen atoms in total. The number of carbonyl (C=O) groups is 2. The molecule has 0 aromatic heterocycles. The molecule has 0 fully saturated rings. The molecule has 2 aromatic carbocycles. The molecule has 2 aromatic rings. The molecule has 0 bridgehead atoms. The Balaban J connectivity index is 1.94. The van der Waals surface area contributed by atoms with Crippen LogP contribution in [0.2, 0.25) is 0 Å². The summed E-state index contributed by atoms with van der Waals surface area (Å²) in [5, 5.41) is 22.7. The number of nitro benzene ring substituents is 1. The molecule has 0 spiro atoms. The van der Waals surface area contributed by atoms with Crippen LogP contribution in [-0.4, -0.2) is 28.5 Å². The van der Waals surface area contributed by atoms with Crippen LogP contribution in [0.15, 0.2) is 36.4 Å². The van der Waals surface area contributed by atoms with Crippen molar-refractivity contribution in [2.24, 2.45) is 0 Å². The molecule has 0 aliphatic rings. The zero-order chi connectivity index (χ0) is 19.3. The normalized spacial score (nSPS) is 10.2. The predicted molar refractivity (Wildman–Crippen MR) is 94.0 cm³/mol. The van der Waals surface area contributed by atoms with Gasteiger partial charge in [0.05, 0.1) is 11.3 Å². The Morgan fingerprint density at radius 3 is 2.38 bits per heavy atom. The third-order valence-electron chi connectivity index (χ3n) is 3.73. The molecule has 2 N–H and O–H groups in total. The van der Waals surface area contributed by atoms with Crippen LogP contribution in [0.5, 0.6) is 5.75 Å². The third kappa shape index (κ3) is 5.04. The zero-order valence-electron chi connectivity index (χ0n) is 14.3. The minimum absolute atomic E-state index is 0.0534. The quantitative estimate of drug-likeness (QED) is 0.465. The largest absolute Gasteiger partial charge is 0.508 e. The monoisotopic (exact) mass is 358 g/mol. The summed E-state index contributed by atoms with van der Waals surface area (Å²) in [4.78, 5) is 34.2. The van der Waals surface area contributed by atoms with Crippen LogP contribution >= 0.6 is 0 Å². The van der Waals surface area contributed by atoms with Gasteiger partial charge >= 0.3 is 5.97 Å². The van der Waals surface area contributed by atoms with Crippen LogP contribution < -0.4 is 5.32 Å². The fraction of sp³-hybridized carbons (Fsp3) is 0.222. The van der Waals surface area contributed by atoms with E-state index in [0.29, 0.717) is 5.56 Å². The first kappa shape index (κ1) is 18.9. The lowest BCUT2D eigenvalue weighted by Gasteiger charge is -2.09. The van der Waals surface area contributed by atoms with Crippen molar-refractivity contribution in [2.45, 2.75) is 20.3 Å². The SMILES string of the molecule is Cc1cc(NC(=O)COC(=O)Cc2ccc(O)cc2)c([N+](=O)[O-])cc1C. The van der Waals surface area contributed by atoms with Gasteiger partial charge in [-0.2, -0.15) is 0 Å². The molecular weight excluding hydrogens is 340 g/mol. The zero-order valence-corrected chi connectivity index (χ0v) is 14.3. The van der Waals surface area contributed by atoms with Crippen molar-refractivity contribution < 1.29 is 24.4 Å². The highest BCUT2D eigenvalue weighted by atomic mass is 16.6. The van der Waals surface area contributed by atoms with Gasteiger partial charge in [0.2, 0.25) is 0 Å². The number of aromatic hydroxyl groups is 1. The van der Waals surface area contributed by atoms with Crippen molar-refractivity contribution >= 4 is 23.3 Å². The van der Waals surface area contributed by atoms with Crippen molar-refractivity contribution in [3.8, 4) is 5.75 Å². The molecule has 0 saturated carbocycles. The van der Waals surface area contributed by atoms with Crippen LogP contribution in [0.3, 0.4) is 0 Å². The van der Waals surface area contributed by atoms with Gasteiger partial charge in [0.1, 0.15) is 11.4 Å². The number of benzene rings is 2. The first-order valence-electron chi connectivity index (χ1n) is 7.75. The molecule has 0 saturated heterocycles. The number of anilines is 1. The van der Waals surface area contributed by atoms with E-state index in [1.165, 1.54) is 24.3 Å². The van der Waals surface area contributed by atoms with Gasteiger partial charge < -0.3 is 15.2 Å². The summed E-state index contributed by atoms with van der Waals surface area (Å²) >= 11 is 0. The van der Waals surface area contributed by atoms with Gasteiger partial charge in [-0.15, -0.1) is 0 Å². The van der Waals surface area contributed by atoms with Gasteiger partial charge in [-0.25, -0.2) is 0 Å². The Bertz CT molecular complexity index is 846. The van der Waals surface area contributed by atoms with Crippen LogP contribution in [0.1, 0.15) is 16.7 Å². The third-order valence-corrected chi connectivity index (χ3v) is 3.73. The Labute approximate surface area is 149 Å². The van der Waals surface area contributed by atoms with Crippen LogP contribution in [0, 0.1) is 24.0 Å². The number of nitro groups is 1. The number of hydrogen-bond acceptors (Lipinski definition) is 6. The first-order chi connectivity index (χ1) is 12.3. The number of phenols is 1. The highest BCUT2D eigenvalue weighted by molar-refractivity contribution is 5.95. The van der Waals surface area contributed by atoms with Crippen LogP contribution in [-0.2, 0) is 20.7 Å². The molecule has 26 heavy (non-hydrogen) atoms. The van der Waals surface area contributed by atoms with Crippen molar-refractivity contribution in [1.29, 1.82) is 0 Å². The molecule has 0 aliphatic carbocycles. The van der Waals surface area contributed by atoms with E-state index in [2.05, 4.69) is 5.32 Å². The Morgan fingerprint density at radius 1 is 1.15 bits per heavy atom. The second kappa shape index (κ2) is 8.11. The summed E-state index contributed by atoms with van der Waals surface area (Å²) in [7, 11) is 0. The number of ether oxygens (including phenoxy) is 1. The van der Waals surface area contributed by atoms with Gasteiger partial charge in [0, 0.05) is 6.07 Å². The van der Waals surface area contributed by atoms with Gasteiger partial charge in [0.25, 0.3) is 11.6 Å². The lowest BCUT2D eigenvalue weighted by atomic mass is 10.1. The lowest BCUT2D eigenvalue weighted by Crippen LogP contribution is -2.22. The molecule has 0 aliphatic heterocycles. The highest BCUT2D eigenvalue weighted by Gasteiger charge is 2.18. The average Bonchev–Trinajstić information content (AvgIpc) is 2.58. The maximum atomic E-state index is 11.9. The number of aryl methyl sites for hydroxylation is 2. The van der Waals surface area contributed by atoms with E-state index in [0.717, 1.165) is 11.1 Å². The van der Waals surface area contributed by atoms with E-state index in [9.17, 15) is 24.8 Å². The smallest absolute Gasteiger partial charge is 0.310 e. The van der Waals surface area contributed by atoms with Gasteiger partial charge in [0.15, 0.2) is 6.61 Å². The van der Waals surface area contributed by atoms with E-state index in [1.807, 2.05) is 0 Å². The maximum absolute atomic E-state index is 11.9. The van der Waals surface area contributed by atoms with E-state index in [4.69, 9.17) is 4.74 Å². The van der Waals surface area contributed by atoms with Gasteiger partial charge in [-0.05, 0) is 48.7 Å². The van der Waals surface area contributed by atoms with Crippen molar-refractivity contribution in [1.82, 2.24) is 0 Å². The summed E-state index contributed by atoms with van der Waals surface area (Å²) in [5.74, 6) is -1.22. The molecule has 0 radical (unpaired) electrons. The predicted octanol–water partition coefficient (Wildman–Crippen LogP) is 2.64. The Hall–Kier alpha value is -3.42. The number of nitrogens with one attached hydrogen (secondary N) is 1. The summed E-state index contributed by atoms with van der Waals surface area (Å²) in [6.45, 7) is 2.95. The fourth-order valence-corrected chi connectivity index (χ4v) is 2.22. The summed E-state index contributed by atoms with van der Waals surface area (Å²) < 4.78 is 4.88. The van der Waals surface area contributed by atoms with Crippen LogP contribution in [0.4, 0.5) is 11.4 Å². The number of rotatable bonds is 6. The standard InChI is InChI=1S/C18H18N2O6/c1-11-7-15(16(20(24)25)8-12(11)2)19-17(22)10-26-18(23)9-13-3-5-14(21)6-4-13/h3-8,21H,9-10H2,1-2H3,(H,19,22). The van der Waals surface area contributed by atoms with E-state index in [1.54, 1.807) is 26.0 Å². The lowest BCUT2D eigenvalue weighted by molar-refractivity contribution is -0.384. The summed E-state index contributed by atoms with van der Waals surface area (Å²) in [6, 6.07) is 8.89. The summed E-state index contributed by atoms with van der Waals surface area (Å²) in [5.41, 5.74) is 1.97. The minimum Gasteiger partial charge on any atom is -0.508 e. The molecule has 0 unspecified atom stereocenters. The number of nitrogens with zero attached hydrogens (tertiary/aromatic N) is 1. The van der Waals surface area contributed by atoms with Crippen LogP contribution in [0.25, 0.3) is 0 Å². The summed E-state index contributed by atoms with van der Waals surface area (Å²) in [6.07, 6.45) is -0.0582. The second-order valence-electron chi connectivity index (χ2n) is 5.76. The molecule has 1 amide bonds. The topological polar surface area (TPSA) is 119 Å². The Morgan fingerprint density at radius 2 is 1.77 bits per heavy atom. The number of hydrogen-bond donors (Lipinski definition) is 2. The average molecular weight is 358 g/mol. The maximum Gasteiger partial charge on any atom is 0.310 e. The Kier molecular flexibility index (Phi) is 5.90. The minimum atomic E-state index is -0.671. The van der Waals surface area contributed by atoms with Crippen molar-refractivity contribution in [2.75, 3.05) is 11.9 Å². The van der Waals surface area contributed by atoms with Crippen molar-refractivity contribution in [3.63, 3.8) is 0 Å². The van der Waals surface area contributed by atoms with E-state index < -0.39 is 23.4 Å². The molecule has 0 heterocycles. The number of amides is 1. The molecule has 0 atom stereocenters. The van der Waals surface area contributed by atoms with Gasteiger partial charge in [-0.3, -0.25) is 19.7 Å². The van der Waals surface area contributed by atoms with Gasteiger partial charge in [-0.1, -0.05) is 12.1 Å². The fourth-order valence-electron chi connectivity index (χ4n) is 2.22. The first-order valence-corrected chi connectivity index (χ1v) is 7.75.